The molecule has 1 aromatic rings. The number of alkyl halides is 5. The molecule has 0 saturated carbocycles. The zero-order valence-corrected chi connectivity index (χ0v) is 10.9. The van der Waals surface area contributed by atoms with Gasteiger partial charge in [-0.25, -0.2) is 0 Å². The lowest BCUT2D eigenvalue weighted by Gasteiger charge is -2.29. The average Bonchev–Trinajstić information content (AvgIpc) is 2.14. The van der Waals surface area contributed by atoms with E-state index in [1.807, 2.05) is 0 Å². The van der Waals surface area contributed by atoms with E-state index in [0.717, 1.165) is 0 Å². The second-order valence-electron chi connectivity index (χ2n) is 4.54. The fraction of sp³-hybridized carbons (Fsp3) is 0.455. The Balaban J connectivity index is 2.77. The Morgan fingerprint density at radius 2 is 1.50 bits per heavy atom. The van der Waals surface area contributed by atoms with E-state index in [1.54, 1.807) is 30.3 Å². The largest absolute Gasteiger partial charge is 0.481 e. The van der Waals surface area contributed by atoms with Gasteiger partial charge >= 0.3 is 12.3 Å². The van der Waals surface area contributed by atoms with Gasteiger partial charge in [0.05, 0.1) is 0 Å². The highest BCUT2D eigenvalue weighted by Gasteiger charge is 2.61. The zero-order chi connectivity index (χ0) is 14.0. The normalized spacial score (nSPS) is 13.7. The minimum atomic E-state index is -5.67. The molecular weight excluding hydrogens is 271 g/mol. The Morgan fingerprint density at radius 1 is 1.00 bits per heavy atom. The van der Waals surface area contributed by atoms with Gasteiger partial charge in [-0.1, -0.05) is 30.3 Å². The molecule has 0 radical (unpaired) electrons. The minimum absolute atomic E-state index is 0.0967. The fourth-order valence-electron chi connectivity index (χ4n) is 1.53. The van der Waals surface area contributed by atoms with Gasteiger partial charge in [0.2, 0.25) is 0 Å². The molecule has 0 amide bonds. The molecule has 102 valence electrons. The zero-order valence-electron chi connectivity index (χ0n) is 9.89. The second-order valence-corrected chi connectivity index (χ2v) is 8.62. The van der Waals surface area contributed by atoms with E-state index in [9.17, 15) is 22.0 Å². The summed E-state index contributed by atoms with van der Waals surface area (Å²) in [6, 6.07) is 8.57. The first kappa shape index (κ1) is 15.1. The van der Waals surface area contributed by atoms with Crippen LogP contribution in [-0.2, 0) is 10.5 Å². The fourth-order valence-corrected chi connectivity index (χ4v) is 3.63. The first-order valence-corrected chi connectivity index (χ1v) is 8.34. The lowest BCUT2D eigenvalue weighted by Crippen LogP contribution is -2.49. The smallest absolute Gasteiger partial charge is 0.355 e. The molecule has 0 aliphatic heterocycles. The molecule has 0 spiro atoms. The lowest BCUT2D eigenvalue weighted by atomic mass is 10.2. The molecule has 0 saturated heterocycles. The molecule has 1 nitrogen and oxygen atoms in total. The van der Waals surface area contributed by atoms with E-state index in [2.05, 4.69) is 4.43 Å². The topological polar surface area (TPSA) is 9.23 Å². The van der Waals surface area contributed by atoms with Crippen molar-refractivity contribution in [1.82, 2.24) is 0 Å². The Morgan fingerprint density at radius 3 is 1.94 bits per heavy atom. The van der Waals surface area contributed by atoms with Crippen LogP contribution in [0.1, 0.15) is 5.56 Å². The summed E-state index contributed by atoms with van der Waals surface area (Å²) in [6.07, 6.45) is -10.8. The molecule has 0 aromatic heterocycles. The molecule has 0 heterocycles. The summed E-state index contributed by atoms with van der Waals surface area (Å²) >= 11 is 0. The van der Waals surface area contributed by atoms with Crippen LogP contribution in [-0.4, -0.2) is 20.6 Å². The molecule has 1 rings (SSSR count). The van der Waals surface area contributed by atoms with Crippen LogP contribution in [0.2, 0.25) is 13.1 Å². The van der Waals surface area contributed by atoms with E-state index in [-0.39, 0.29) is 6.04 Å². The van der Waals surface area contributed by atoms with Crippen LogP contribution in [0.3, 0.4) is 0 Å². The standard InChI is InChI=1S/C11H13F5OSi/c1-18(2,8-9-6-4-3-5-7-9)17-11(15,16)10(12,13)14/h3-7H,8H2,1-2H3. The van der Waals surface area contributed by atoms with Crippen molar-refractivity contribution in [1.29, 1.82) is 0 Å². The van der Waals surface area contributed by atoms with Crippen LogP contribution in [0.25, 0.3) is 0 Å². The van der Waals surface area contributed by atoms with Crippen molar-refractivity contribution in [2.45, 2.75) is 31.4 Å². The summed E-state index contributed by atoms with van der Waals surface area (Å²) in [6.45, 7) is 2.67. The van der Waals surface area contributed by atoms with Crippen molar-refractivity contribution in [3.63, 3.8) is 0 Å². The van der Waals surface area contributed by atoms with Crippen LogP contribution in [0.5, 0.6) is 0 Å². The third-order valence-corrected chi connectivity index (χ3v) is 4.28. The van der Waals surface area contributed by atoms with Crippen LogP contribution < -0.4 is 0 Å². The van der Waals surface area contributed by atoms with Gasteiger partial charge in [-0.05, 0) is 24.7 Å². The van der Waals surface area contributed by atoms with E-state index in [1.165, 1.54) is 13.1 Å². The first-order chi connectivity index (χ1) is 8.04. The van der Waals surface area contributed by atoms with Crippen LogP contribution in [0, 0.1) is 0 Å². The number of halogens is 5. The number of hydrogen-bond acceptors (Lipinski definition) is 1. The van der Waals surface area contributed by atoms with Gasteiger partial charge < -0.3 is 4.43 Å². The van der Waals surface area contributed by atoms with Gasteiger partial charge in [-0.3, -0.25) is 0 Å². The molecule has 1 aromatic carbocycles. The summed E-state index contributed by atoms with van der Waals surface area (Å²) in [4.78, 5) is 0. The molecule has 0 atom stereocenters. The van der Waals surface area contributed by atoms with Gasteiger partial charge in [0.1, 0.15) is 0 Å². The second kappa shape index (κ2) is 4.97. The van der Waals surface area contributed by atoms with Crippen molar-refractivity contribution in [2.24, 2.45) is 0 Å². The van der Waals surface area contributed by atoms with E-state index < -0.39 is 20.6 Å². The highest BCUT2D eigenvalue weighted by Crippen LogP contribution is 2.38. The molecule has 18 heavy (non-hydrogen) atoms. The van der Waals surface area contributed by atoms with Crippen molar-refractivity contribution in [3.05, 3.63) is 35.9 Å². The Hall–Kier alpha value is -0.953. The number of rotatable bonds is 4. The Labute approximate surface area is 103 Å². The third kappa shape index (κ3) is 4.06. The summed E-state index contributed by atoms with van der Waals surface area (Å²) in [7, 11) is -3.16. The van der Waals surface area contributed by atoms with Gasteiger partial charge in [0.15, 0.2) is 8.32 Å². The van der Waals surface area contributed by atoms with Crippen LogP contribution in [0.4, 0.5) is 22.0 Å². The summed E-state index contributed by atoms with van der Waals surface area (Å²) in [5.74, 6) is 0. The predicted octanol–water partition coefficient (Wildman–Crippen LogP) is 4.15. The van der Waals surface area contributed by atoms with E-state index in [4.69, 9.17) is 0 Å². The minimum Gasteiger partial charge on any atom is -0.355 e. The summed E-state index contributed by atoms with van der Waals surface area (Å²) in [5.41, 5.74) is 0.687. The maximum absolute atomic E-state index is 12.8. The number of hydrogen-bond donors (Lipinski definition) is 0. The third-order valence-electron chi connectivity index (χ3n) is 2.21. The average molecular weight is 284 g/mol. The highest BCUT2D eigenvalue weighted by atomic mass is 28.4. The van der Waals surface area contributed by atoms with Crippen molar-refractivity contribution >= 4 is 8.32 Å². The maximum atomic E-state index is 12.8. The molecular formula is C11H13F5OSi. The maximum Gasteiger partial charge on any atom is 0.481 e. The van der Waals surface area contributed by atoms with Crippen LogP contribution >= 0.6 is 0 Å². The summed E-state index contributed by atoms with van der Waals surface area (Å²) in [5, 5.41) is 0. The molecule has 0 aliphatic rings. The van der Waals surface area contributed by atoms with Gasteiger partial charge in [-0.15, -0.1) is 0 Å². The molecule has 0 fully saturated rings. The van der Waals surface area contributed by atoms with Gasteiger partial charge in [0.25, 0.3) is 0 Å². The Bertz CT molecular complexity index is 388. The Kier molecular flexibility index (Phi) is 4.17. The van der Waals surface area contributed by atoms with E-state index >= 15 is 0 Å². The lowest BCUT2D eigenvalue weighted by molar-refractivity contribution is -0.365. The molecule has 0 bridgehead atoms. The predicted molar refractivity (Wildman–Crippen MR) is 59.7 cm³/mol. The van der Waals surface area contributed by atoms with Gasteiger partial charge in [0, 0.05) is 0 Å². The molecule has 7 heteroatoms. The monoisotopic (exact) mass is 284 g/mol. The number of benzene rings is 1. The van der Waals surface area contributed by atoms with Crippen molar-refractivity contribution in [3.8, 4) is 0 Å². The van der Waals surface area contributed by atoms with Gasteiger partial charge in [-0.2, -0.15) is 22.0 Å². The van der Waals surface area contributed by atoms with Crippen molar-refractivity contribution < 1.29 is 26.4 Å². The summed E-state index contributed by atoms with van der Waals surface area (Å²) < 4.78 is 65.9. The first-order valence-electron chi connectivity index (χ1n) is 5.22. The van der Waals surface area contributed by atoms with Crippen LogP contribution in [0.15, 0.2) is 30.3 Å². The SMILES string of the molecule is C[Si](C)(Cc1ccccc1)OC(F)(F)C(F)(F)F. The van der Waals surface area contributed by atoms with Crippen molar-refractivity contribution in [2.75, 3.05) is 0 Å². The molecule has 0 unspecified atom stereocenters. The molecule has 0 N–H and O–H groups in total. The quantitative estimate of drug-likeness (QED) is 0.596. The highest BCUT2D eigenvalue weighted by molar-refractivity contribution is 6.70. The molecule has 0 aliphatic carbocycles. The van der Waals surface area contributed by atoms with E-state index in [0.29, 0.717) is 5.56 Å².